The van der Waals surface area contributed by atoms with Crippen LogP contribution in [0, 0.1) is 20.5 Å². The summed E-state index contributed by atoms with van der Waals surface area (Å²) in [5.74, 6) is 0.676. The summed E-state index contributed by atoms with van der Waals surface area (Å²) in [5, 5.41) is 1.26. The second-order valence-electron chi connectivity index (χ2n) is 10.6. The predicted molar refractivity (Wildman–Crippen MR) is 185 cm³/mol. The predicted octanol–water partition coefficient (Wildman–Crippen LogP) is 8.56. The molecule has 9 heteroatoms. The fourth-order valence-electron chi connectivity index (χ4n) is 4.98. The quantitative estimate of drug-likeness (QED) is 0.0979. The number of ether oxygens (including phenoxy) is 1. The number of hydrogen-bond donors (Lipinski definition) is 0. The molecule has 236 valence electrons. The minimum absolute atomic E-state index is 0.0112. The molecule has 0 spiro atoms. The van der Waals surface area contributed by atoms with Crippen molar-refractivity contribution in [3.63, 3.8) is 0 Å². The molecule has 44 heavy (non-hydrogen) atoms. The molecule has 1 unspecified atom stereocenters. The van der Waals surface area contributed by atoms with Crippen molar-refractivity contribution in [3.8, 4) is 5.75 Å². The average Bonchev–Trinajstić information content (AvgIpc) is 3.49. The van der Waals surface area contributed by atoms with Gasteiger partial charge in [-0.25, -0.2) is 0 Å². The summed E-state index contributed by atoms with van der Waals surface area (Å²) >= 11 is -2.07. The molecule has 4 aromatic carbocycles. The van der Waals surface area contributed by atoms with Crippen LogP contribution >= 0.6 is 26.8 Å². The number of aryl methyl sites for hydroxylation is 2. The second-order valence-corrected chi connectivity index (χ2v) is 18.7. The van der Waals surface area contributed by atoms with Crippen LogP contribution < -0.4 is 25.1 Å². The molecule has 1 aliphatic heterocycles. The molecule has 0 N–H and O–H groups in total. The van der Waals surface area contributed by atoms with E-state index < -0.39 is 20.9 Å². The first-order valence-corrected chi connectivity index (χ1v) is 21.7. The molecule has 1 aliphatic rings. The molecule has 1 heterocycles. The molecule has 5 rings (SSSR count). The maximum Gasteiger partial charge on any atom is 0.0116 e. The van der Waals surface area contributed by atoms with Gasteiger partial charge in [0.05, 0.1) is 0 Å². The number of hydrogen-bond acceptors (Lipinski definition) is 5. The molecule has 0 aliphatic carbocycles. The Labute approximate surface area is 275 Å². The zero-order valence-corrected chi connectivity index (χ0v) is 29.9. The molecule has 1 fully saturated rings. The summed E-state index contributed by atoms with van der Waals surface area (Å²) in [6, 6.07) is 31.7. The van der Waals surface area contributed by atoms with Gasteiger partial charge in [-0.2, -0.15) is 6.67 Å². The molecular formula is C35H40Cl2N2O3PRu-. The average molecular weight is 740 g/mol. The van der Waals surface area contributed by atoms with Crippen molar-refractivity contribution in [1.29, 1.82) is 0 Å². The number of anilines is 2. The summed E-state index contributed by atoms with van der Waals surface area (Å²) in [6.07, 6.45) is 0.0112. The number of benzene rings is 4. The molecule has 0 aromatic heterocycles. The number of nitrogens with zero attached hydrogens (tertiary/aromatic N) is 2. The molecule has 0 radical (unpaired) electrons. The van der Waals surface area contributed by atoms with Gasteiger partial charge in [-0.3, -0.25) is 0 Å². The Bertz CT molecular complexity index is 1560. The third-order valence-electron chi connectivity index (χ3n) is 7.00. The van der Waals surface area contributed by atoms with Crippen LogP contribution in [-0.2, 0) is 22.6 Å². The third kappa shape index (κ3) is 8.83. The Morgan fingerprint density at radius 2 is 1.39 bits per heavy atom. The van der Waals surface area contributed by atoms with Crippen LogP contribution in [0.2, 0.25) is 0 Å². The standard InChI is InChI=1S/C18H21O3P.C17H19N2.2ClH.Ru/c1-5-20-22(19,16-9-7-6-8-10-16)17-11-12-18(15(4)13-17)21-14(2)3;1-14-7-3-5-9-16(14)18-11-12-19(13-18)17-10-6-4-8-15(17)2;;;/h4,6-14H,5H2,1-3H3;3-10,13H,11-12H2,1-2H3;2*1H;/q;-1;;;+2/p-2. The van der Waals surface area contributed by atoms with Crippen LogP contribution in [0.5, 0.6) is 5.75 Å². The van der Waals surface area contributed by atoms with Crippen LogP contribution in [0.15, 0.2) is 97.1 Å². The minimum Gasteiger partial charge on any atom is -0.502 e. The van der Waals surface area contributed by atoms with E-state index in [2.05, 4.69) is 78.8 Å². The van der Waals surface area contributed by atoms with Crippen molar-refractivity contribution in [3.05, 3.63) is 120 Å². The summed E-state index contributed by atoms with van der Waals surface area (Å²) in [6.45, 7) is 14.7. The zero-order chi connectivity index (χ0) is 31.7. The van der Waals surface area contributed by atoms with Crippen molar-refractivity contribution in [2.75, 3.05) is 29.5 Å². The van der Waals surface area contributed by atoms with Crippen LogP contribution in [0.25, 0.3) is 0 Å². The first-order chi connectivity index (χ1) is 21.1. The summed E-state index contributed by atoms with van der Waals surface area (Å²) in [4.78, 5) is 4.67. The number of rotatable bonds is 9. The smallest absolute Gasteiger partial charge is 0.0116 e. The van der Waals surface area contributed by atoms with Gasteiger partial charge in [-0.1, -0.05) is 36.4 Å². The summed E-state index contributed by atoms with van der Waals surface area (Å²) < 4.78 is 27.0. The van der Waals surface area contributed by atoms with Gasteiger partial charge in [0.25, 0.3) is 0 Å². The molecule has 5 nitrogen and oxygen atoms in total. The first kappa shape index (κ1) is 34.4. The fraction of sp³-hybridized carbons (Fsp3) is 0.257. The van der Waals surface area contributed by atoms with Crippen LogP contribution in [-0.4, -0.2) is 30.4 Å². The van der Waals surface area contributed by atoms with E-state index in [4.69, 9.17) is 28.6 Å². The van der Waals surface area contributed by atoms with E-state index in [1.54, 1.807) is 16.7 Å². The van der Waals surface area contributed by atoms with Gasteiger partial charge in [-0.05, 0) is 37.1 Å². The van der Waals surface area contributed by atoms with E-state index in [1.807, 2.05) is 57.2 Å². The van der Waals surface area contributed by atoms with Gasteiger partial charge >= 0.3 is 163 Å². The van der Waals surface area contributed by atoms with Crippen molar-refractivity contribution >= 4 is 53.3 Å². The van der Waals surface area contributed by atoms with Gasteiger partial charge in [0.2, 0.25) is 0 Å². The van der Waals surface area contributed by atoms with E-state index >= 15 is 0 Å². The number of halogens is 2. The SMILES string of the molecule is CCOP(=O)(c1ccccc1)c1ccc(OC(C)C)c([CH]=[Ru]([Cl])[Cl])c1.Cc1ccccc1N1[CH-]N(c2ccccc2C)CC1. The van der Waals surface area contributed by atoms with E-state index in [-0.39, 0.29) is 6.10 Å². The van der Waals surface area contributed by atoms with Gasteiger partial charge in [0.15, 0.2) is 0 Å². The molecular weight excluding hydrogens is 699 g/mol. The third-order valence-corrected chi connectivity index (χ3v) is 11.4. The molecule has 0 bridgehead atoms. The maximum atomic E-state index is 13.7. The molecule has 4 aromatic rings. The topological polar surface area (TPSA) is 42.0 Å². The Morgan fingerprint density at radius 3 is 1.89 bits per heavy atom. The summed E-state index contributed by atoms with van der Waals surface area (Å²) in [5.41, 5.74) is 6.01. The van der Waals surface area contributed by atoms with Crippen molar-refractivity contribution in [2.24, 2.45) is 0 Å². The van der Waals surface area contributed by atoms with Crippen molar-refractivity contribution in [1.82, 2.24) is 0 Å². The van der Waals surface area contributed by atoms with Gasteiger partial charge in [0.1, 0.15) is 0 Å². The first-order valence-electron chi connectivity index (χ1n) is 14.6. The Morgan fingerprint density at radius 1 is 0.841 bits per heavy atom. The maximum absolute atomic E-state index is 13.7. The number of para-hydroxylation sites is 2. The van der Waals surface area contributed by atoms with Crippen LogP contribution in [0.1, 0.15) is 37.5 Å². The van der Waals surface area contributed by atoms with E-state index in [0.717, 1.165) is 18.7 Å². The normalized spacial score (nSPS) is 14.5. The van der Waals surface area contributed by atoms with E-state index in [1.165, 1.54) is 22.5 Å². The molecule has 1 saturated heterocycles. The zero-order valence-electron chi connectivity index (χ0n) is 25.8. The summed E-state index contributed by atoms with van der Waals surface area (Å²) in [7, 11) is 8.93. The Hall–Kier alpha value is -2.46. The molecule has 0 amide bonds. The fourth-order valence-corrected chi connectivity index (χ4v) is 8.87. The van der Waals surface area contributed by atoms with Crippen LogP contribution in [0.3, 0.4) is 0 Å². The van der Waals surface area contributed by atoms with Gasteiger partial charge in [-0.15, -0.1) is 0 Å². The van der Waals surface area contributed by atoms with Crippen molar-refractivity contribution in [2.45, 2.75) is 40.7 Å². The molecule has 0 saturated carbocycles. The Kier molecular flexibility index (Phi) is 12.7. The van der Waals surface area contributed by atoms with Gasteiger partial charge in [0, 0.05) is 24.5 Å². The van der Waals surface area contributed by atoms with E-state index in [0.29, 0.717) is 23.0 Å². The van der Waals surface area contributed by atoms with E-state index in [9.17, 15) is 4.57 Å². The Balaban J connectivity index is 0.000000208. The molecule has 1 atom stereocenters. The van der Waals surface area contributed by atoms with Crippen molar-refractivity contribution < 1.29 is 27.3 Å². The largest absolute Gasteiger partial charge is 0.502 e. The minimum atomic E-state index is -3.19. The van der Waals surface area contributed by atoms with Gasteiger partial charge < -0.3 is 9.80 Å². The van der Waals surface area contributed by atoms with Crippen LogP contribution in [0.4, 0.5) is 11.4 Å². The monoisotopic (exact) mass is 739 g/mol. The second kappa shape index (κ2) is 16.2.